The van der Waals surface area contributed by atoms with Crippen LogP contribution in [0, 0.1) is 0 Å². The first-order valence-corrected chi connectivity index (χ1v) is 3.66. The minimum atomic E-state index is -0.480. The molecule has 0 fully saturated rings. The molecule has 0 saturated heterocycles. The summed E-state index contributed by atoms with van der Waals surface area (Å²) in [6.45, 7) is 0. The number of fused-ring (bicyclic) bond motifs is 1. The molecule has 1 N–H and O–H groups in total. The summed E-state index contributed by atoms with van der Waals surface area (Å²) >= 11 is 5.73. The van der Waals surface area contributed by atoms with Gasteiger partial charge in [-0.15, -0.1) is 0 Å². The van der Waals surface area contributed by atoms with Crippen LogP contribution in [0.3, 0.4) is 0 Å². The zero-order valence-corrected chi connectivity index (χ0v) is 6.67. The first-order valence-electron chi connectivity index (χ1n) is 3.28. The van der Waals surface area contributed by atoms with Crippen molar-refractivity contribution < 1.29 is 0 Å². The third-order valence-corrected chi connectivity index (χ3v) is 1.75. The second kappa shape index (κ2) is 2.57. The van der Waals surface area contributed by atoms with Gasteiger partial charge in [-0.05, 0) is 12.1 Å². The van der Waals surface area contributed by atoms with Crippen LogP contribution in [0.5, 0.6) is 0 Å². The van der Waals surface area contributed by atoms with Crippen LogP contribution in [0.25, 0.3) is 11.0 Å². The van der Waals surface area contributed by atoms with Crippen molar-refractivity contribution in [1.29, 1.82) is 0 Å². The van der Waals surface area contributed by atoms with E-state index in [9.17, 15) is 4.79 Å². The Labute approximate surface area is 72.2 Å². The SMILES string of the molecule is O=c1nc2ncccc2c(Cl)[nH]1. The number of nitrogens with one attached hydrogen (secondary N) is 1. The van der Waals surface area contributed by atoms with E-state index >= 15 is 0 Å². The van der Waals surface area contributed by atoms with Gasteiger partial charge in [0.25, 0.3) is 0 Å². The monoisotopic (exact) mass is 181 g/mol. The number of hydrogen-bond acceptors (Lipinski definition) is 3. The van der Waals surface area contributed by atoms with E-state index in [0.29, 0.717) is 11.0 Å². The van der Waals surface area contributed by atoms with E-state index in [1.165, 1.54) is 0 Å². The van der Waals surface area contributed by atoms with Crippen LogP contribution < -0.4 is 5.69 Å². The van der Waals surface area contributed by atoms with Crippen molar-refractivity contribution in [2.45, 2.75) is 0 Å². The average molecular weight is 182 g/mol. The van der Waals surface area contributed by atoms with Crippen molar-refractivity contribution >= 4 is 22.6 Å². The largest absolute Gasteiger partial charge is 0.348 e. The van der Waals surface area contributed by atoms with Gasteiger partial charge in [0.2, 0.25) is 0 Å². The van der Waals surface area contributed by atoms with Crippen molar-refractivity contribution in [2.24, 2.45) is 0 Å². The maximum absolute atomic E-state index is 10.8. The summed E-state index contributed by atoms with van der Waals surface area (Å²) < 4.78 is 0. The second-order valence-electron chi connectivity index (χ2n) is 2.23. The van der Waals surface area contributed by atoms with Crippen LogP contribution in [0.4, 0.5) is 0 Å². The first kappa shape index (κ1) is 7.24. The van der Waals surface area contributed by atoms with E-state index in [1.807, 2.05) is 0 Å². The standard InChI is InChI=1S/C7H4ClN3O/c8-5-4-2-1-3-9-6(4)11-7(12)10-5/h1-3H,(H,9,10,11,12). The van der Waals surface area contributed by atoms with Gasteiger partial charge in [0.1, 0.15) is 5.15 Å². The van der Waals surface area contributed by atoms with Crippen molar-refractivity contribution in [3.05, 3.63) is 34.0 Å². The molecule has 0 aliphatic heterocycles. The quantitative estimate of drug-likeness (QED) is 0.617. The van der Waals surface area contributed by atoms with Crippen molar-refractivity contribution in [3.63, 3.8) is 0 Å². The Balaban J connectivity index is 2.99. The third-order valence-electron chi connectivity index (χ3n) is 1.45. The lowest BCUT2D eigenvalue weighted by Crippen LogP contribution is -2.10. The molecule has 0 saturated carbocycles. The zero-order valence-electron chi connectivity index (χ0n) is 5.91. The minimum Gasteiger partial charge on any atom is -0.296 e. The molecule has 0 radical (unpaired) electrons. The van der Waals surface area contributed by atoms with Crippen molar-refractivity contribution in [2.75, 3.05) is 0 Å². The Bertz CT molecular complexity index is 479. The number of hydrogen-bond donors (Lipinski definition) is 1. The molecule has 0 aliphatic rings. The summed E-state index contributed by atoms with van der Waals surface area (Å²) in [6, 6.07) is 3.47. The van der Waals surface area contributed by atoms with Gasteiger partial charge >= 0.3 is 5.69 Å². The highest BCUT2D eigenvalue weighted by molar-refractivity contribution is 6.33. The van der Waals surface area contributed by atoms with E-state index < -0.39 is 5.69 Å². The number of aromatic amines is 1. The fourth-order valence-electron chi connectivity index (χ4n) is 0.943. The van der Waals surface area contributed by atoms with Crippen LogP contribution in [-0.4, -0.2) is 15.0 Å². The molecular weight excluding hydrogens is 178 g/mol. The van der Waals surface area contributed by atoms with E-state index in [4.69, 9.17) is 11.6 Å². The molecule has 2 aromatic heterocycles. The fourth-order valence-corrected chi connectivity index (χ4v) is 1.17. The van der Waals surface area contributed by atoms with Gasteiger partial charge in [0, 0.05) is 6.20 Å². The van der Waals surface area contributed by atoms with Crippen LogP contribution in [0.2, 0.25) is 5.15 Å². The summed E-state index contributed by atoms with van der Waals surface area (Å²) in [6.07, 6.45) is 1.56. The van der Waals surface area contributed by atoms with Gasteiger partial charge in [-0.25, -0.2) is 9.78 Å². The fraction of sp³-hybridized carbons (Fsp3) is 0. The molecule has 0 aromatic carbocycles. The summed E-state index contributed by atoms with van der Waals surface area (Å²) in [4.78, 5) is 20.7. The molecule has 0 atom stereocenters. The van der Waals surface area contributed by atoms with E-state index in [2.05, 4.69) is 15.0 Å². The number of H-pyrrole nitrogens is 1. The molecule has 0 aliphatic carbocycles. The molecule has 0 spiro atoms. The smallest absolute Gasteiger partial charge is 0.296 e. The normalized spacial score (nSPS) is 10.4. The summed E-state index contributed by atoms with van der Waals surface area (Å²) in [7, 11) is 0. The van der Waals surface area contributed by atoms with Gasteiger partial charge in [0.15, 0.2) is 5.65 Å². The van der Waals surface area contributed by atoms with E-state index in [0.717, 1.165) is 0 Å². The highest BCUT2D eigenvalue weighted by Crippen LogP contribution is 2.14. The Kier molecular flexibility index (Phi) is 1.55. The van der Waals surface area contributed by atoms with Gasteiger partial charge in [-0.1, -0.05) is 11.6 Å². The van der Waals surface area contributed by atoms with Gasteiger partial charge in [-0.2, -0.15) is 4.98 Å². The average Bonchev–Trinajstić information content (AvgIpc) is 2.04. The predicted molar refractivity (Wildman–Crippen MR) is 45.2 cm³/mol. The number of halogens is 1. The topological polar surface area (TPSA) is 58.6 Å². The van der Waals surface area contributed by atoms with Crippen molar-refractivity contribution in [3.8, 4) is 0 Å². The van der Waals surface area contributed by atoms with Crippen LogP contribution in [0.1, 0.15) is 0 Å². The van der Waals surface area contributed by atoms with Crippen molar-refractivity contribution in [1.82, 2.24) is 15.0 Å². The molecule has 0 amide bonds. The Morgan fingerprint density at radius 1 is 1.50 bits per heavy atom. The van der Waals surface area contributed by atoms with Crippen LogP contribution >= 0.6 is 11.6 Å². The molecule has 5 heteroatoms. The molecule has 4 nitrogen and oxygen atoms in total. The number of aromatic nitrogens is 3. The zero-order chi connectivity index (χ0) is 8.55. The lowest BCUT2D eigenvalue weighted by Gasteiger charge is -1.95. The van der Waals surface area contributed by atoms with Gasteiger partial charge in [0.05, 0.1) is 5.39 Å². The Hall–Kier alpha value is -1.42. The molecule has 60 valence electrons. The maximum atomic E-state index is 10.8. The summed E-state index contributed by atoms with van der Waals surface area (Å²) in [5.74, 6) is 0. The molecule has 12 heavy (non-hydrogen) atoms. The minimum absolute atomic E-state index is 0.276. The van der Waals surface area contributed by atoms with Crippen LogP contribution in [-0.2, 0) is 0 Å². The highest BCUT2D eigenvalue weighted by atomic mass is 35.5. The Morgan fingerprint density at radius 3 is 3.17 bits per heavy atom. The number of pyridine rings is 1. The van der Waals surface area contributed by atoms with E-state index in [-0.39, 0.29) is 5.15 Å². The summed E-state index contributed by atoms with van der Waals surface area (Å²) in [5, 5.41) is 0.928. The molecule has 2 aromatic rings. The predicted octanol–water partition coefficient (Wildman–Crippen LogP) is 0.972. The number of nitrogens with zero attached hydrogens (tertiary/aromatic N) is 2. The first-order chi connectivity index (χ1) is 5.77. The third kappa shape index (κ3) is 1.06. The highest BCUT2D eigenvalue weighted by Gasteiger charge is 2.00. The molecular formula is C7H4ClN3O. The lowest BCUT2D eigenvalue weighted by molar-refractivity contribution is 1.10. The van der Waals surface area contributed by atoms with Gasteiger partial charge in [-0.3, -0.25) is 4.98 Å². The molecule has 2 heterocycles. The maximum Gasteiger partial charge on any atom is 0.348 e. The van der Waals surface area contributed by atoms with Crippen LogP contribution in [0.15, 0.2) is 23.1 Å². The molecule has 0 unspecified atom stereocenters. The summed E-state index contributed by atoms with van der Waals surface area (Å²) in [5.41, 5.74) is -0.113. The molecule has 0 bridgehead atoms. The Morgan fingerprint density at radius 2 is 2.33 bits per heavy atom. The number of rotatable bonds is 0. The van der Waals surface area contributed by atoms with E-state index in [1.54, 1.807) is 18.3 Å². The molecule has 2 rings (SSSR count). The van der Waals surface area contributed by atoms with Gasteiger partial charge < -0.3 is 0 Å². The lowest BCUT2D eigenvalue weighted by atomic mass is 10.3. The second-order valence-corrected chi connectivity index (χ2v) is 2.61.